The molecule has 1 N–H and O–H groups in total. The lowest BCUT2D eigenvalue weighted by atomic mass is 10.0. The SMILES string of the molecule is COC(=O)/C=C(/OC)[C@H](C)[C@H](/C=C/c1csc(-c2csc(C(C)(/C=C/C=C/C(C)C)[18O][18OH])n2)n1)OC. The van der Waals surface area contributed by atoms with E-state index in [9.17, 15) is 10.1 Å². The Labute approximate surface area is 220 Å². The van der Waals surface area contributed by atoms with Gasteiger partial charge in [0.05, 0.1) is 32.1 Å². The summed E-state index contributed by atoms with van der Waals surface area (Å²) in [5.41, 5.74) is 0.381. The molecule has 0 bridgehead atoms. The maximum absolute atomic E-state index is 11.6. The van der Waals surface area contributed by atoms with Gasteiger partial charge in [-0.25, -0.2) is 19.7 Å². The molecule has 0 aliphatic heterocycles. The van der Waals surface area contributed by atoms with Crippen LogP contribution < -0.4 is 0 Å². The lowest BCUT2D eigenvalue weighted by molar-refractivity contribution is -0.307. The molecule has 0 aliphatic rings. The third-order valence-corrected chi connectivity index (χ3v) is 7.19. The Bertz CT molecular complexity index is 1100. The van der Waals surface area contributed by atoms with Gasteiger partial charge in [-0.3, -0.25) is 5.26 Å². The fourth-order valence-corrected chi connectivity index (χ4v) is 4.80. The van der Waals surface area contributed by atoms with Gasteiger partial charge in [-0.15, -0.1) is 22.7 Å². The number of aromatic nitrogens is 2. The number of esters is 1. The molecule has 2 aromatic rings. The minimum atomic E-state index is -1.07. The zero-order valence-electron chi connectivity index (χ0n) is 21.6. The minimum absolute atomic E-state index is 0.228. The smallest absolute Gasteiger partial charge is 0.333 e. The first-order chi connectivity index (χ1) is 17.2. The summed E-state index contributed by atoms with van der Waals surface area (Å²) in [5.74, 6) is 0.162. The second kappa shape index (κ2) is 14.2. The van der Waals surface area contributed by atoms with Gasteiger partial charge in [0.25, 0.3) is 0 Å². The maximum atomic E-state index is 11.6. The van der Waals surface area contributed by atoms with Crippen molar-refractivity contribution in [2.24, 2.45) is 11.8 Å². The lowest BCUT2D eigenvalue weighted by Gasteiger charge is -2.21. The third-order valence-electron chi connectivity index (χ3n) is 5.25. The van der Waals surface area contributed by atoms with E-state index < -0.39 is 11.6 Å². The number of carbonyl (C=O) groups excluding carboxylic acids is 1. The number of rotatable bonds is 13. The molecule has 36 heavy (non-hydrogen) atoms. The minimum Gasteiger partial charge on any atom is -0.500 e. The Morgan fingerprint density at radius 1 is 1.08 bits per heavy atom. The third kappa shape index (κ3) is 8.21. The molecule has 2 aromatic heterocycles. The number of ether oxygens (including phenoxy) is 3. The van der Waals surface area contributed by atoms with Crippen molar-refractivity contribution >= 4 is 34.7 Å². The second-order valence-electron chi connectivity index (χ2n) is 8.42. The Morgan fingerprint density at radius 2 is 1.83 bits per heavy atom. The number of hydrogen-bond donors (Lipinski definition) is 1. The van der Waals surface area contributed by atoms with Crippen LogP contribution in [0.1, 0.15) is 38.4 Å². The summed E-state index contributed by atoms with van der Waals surface area (Å²) in [7, 11) is 4.41. The summed E-state index contributed by atoms with van der Waals surface area (Å²) >= 11 is 2.85. The molecule has 8 nitrogen and oxygen atoms in total. The van der Waals surface area contributed by atoms with Crippen LogP contribution >= 0.6 is 22.7 Å². The number of carbonyl (C=O) groups is 1. The molecular weight excluding hydrogens is 504 g/mol. The van der Waals surface area contributed by atoms with Gasteiger partial charge >= 0.3 is 5.97 Å². The fraction of sp³-hybridized carbons (Fsp3) is 0.423. The molecule has 1 unspecified atom stereocenters. The van der Waals surface area contributed by atoms with E-state index in [-0.39, 0.29) is 12.0 Å². The topological polar surface area (TPSA) is 100 Å². The molecule has 0 spiro atoms. The highest BCUT2D eigenvalue weighted by atomic mass is 32.1. The van der Waals surface area contributed by atoms with Gasteiger partial charge in [0.15, 0.2) is 5.60 Å². The van der Waals surface area contributed by atoms with Gasteiger partial charge in [0, 0.05) is 23.8 Å². The van der Waals surface area contributed by atoms with Crippen LogP contribution in [-0.4, -0.2) is 48.6 Å². The van der Waals surface area contributed by atoms with Gasteiger partial charge in [0.1, 0.15) is 21.5 Å². The van der Waals surface area contributed by atoms with Crippen LogP contribution in [0.4, 0.5) is 0 Å². The first-order valence-corrected chi connectivity index (χ1v) is 13.1. The molecular formula is C26H34N2O6S2. The van der Waals surface area contributed by atoms with Gasteiger partial charge < -0.3 is 14.2 Å². The summed E-state index contributed by atoms with van der Waals surface area (Å²) in [6.07, 6.45) is 12.3. The molecule has 0 radical (unpaired) electrons. The molecule has 0 aliphatic carbocycles. The monoisotopic (exact) mass is 538 g/mol. The molecule has 196 valence electrons. The maximum Gasteiger partial charge on any atom is 0.333 e. The van der Waals surface area contributed by atoms with Crippen molar-refractivity contribution in [3.8, 4) is 10.7 Å². The molecule has 0 saturated carbocycles. The molecule has 3 atom stereocenters. The van der Waals surface area contributed by atoms with E-state index in [1.165, 1.54) is 43.0 Å². The first-order valence-electron chi connectivity index (χ1n) is 11.3. The van der Waals surface area contributed by atoms with Gasteiger partial charge in [-0.2, -0.15) is 0 Å². The normalized spacial score (nSPS) is 16.2. The van der Waals surface area contributed by atoms with Crippen molar-refractivity contribution in [2.45, 2.75) is 39.4 Å². The van der Waals surface area contributed by atoms with Crippen molar-refractivity contribution in [3.63, 3.8) is 0 Å². The Morgan fingerprint density at radius 3 is 2.44 bits per heavy atom. The molecule has 0 amide bonds. The largest absolute Gasteiger partial charge is 0.500 e. The van der Waals surface area contributed by atoms with Crippen LogP contribution in [0.2, 0.25) is 0 Å². The van der Waals surface area contributed by atoms with Crippen LogP contribution in [0.3, 0.4) is 0 Å². The first kappa shape index (κ1) is 29.6. The highest BCUT2D eigenvalue weighted by Crippen LogP contribution is 2.33. The number of allylic oxidation sites excluding steroid dienone is 3. The van der Waals surface area contributed by atoms with Crippen molar-refractivity contribution in [2.75, 3.05) is 21.3 Å². The molecule has 0 saturated heterocycles. The Hall–Kier alpha value is -2.63. The predicted octanol–water partition coefficient (Wildman–Crippen LogP) is 6.11. The van der Waals surface area contributed by atoms with Gasteiger partial charge in [-0.1, -0.05) is 45.1 Å². The van der Waals surface area contributed by atoms with Gasteiger partial charge in [0.2, 0.25) is 0 Å². The number of thiazole rings is 2. The average molecular weight is 539 g/mol. The molecule has 2 rings (SSSR count). The molecule has 2 heterocycles. The molecule has 0 aromatic carbocycles. The van der Waals surface area contributed by atoms with E-state index in [1.54, 1.807) is 20.1 Å². The zero-order valence-corrected chi connectivity index (χ0v) is 23.3. The number of hydrogen-bond acceptors (Lipinski definition) is 10. The summed E-state index contributed by atoms with van der Waals surface area (Å²) in [4.78, 5) is 25.7. The van der Waals surface area contributed by atoms with E-state index in [1.807, 2.05) is 48.1 Å². The van der Waals surface area contributed by atoms with Crippen molar-refractivity contribution < 1.29 is 29.1 Å². The standard InChI is InChI=1S/C26H34N2O6S2/c1-17(2)10-8-9-13-26(4,34-30)25-28-20(16-36-25)24-27-19(15-35-24)11-12-21(31-5)18(3)22(32-6)14-23(29)33-7/h8-18,21,30H,1-7H3/b10-8+,12-11+,13-9+,22-14+/t18-,21+,26?/m1/s1/i30+2,34+2. The molecule has 0 fully saturated rings. The van der Waals surface area contributed by atoms with E-state index in [2.05, 4.69) is 28.6 Å². The van der Waals surface area contributed by atoms with Crippen molar-refractivity contribution in [1.82, 2.24) is 9.97 Å². The summed E-state index contributed by atoms with van der Waals surface area (Å²) in [5, 5.41) is 14.7. The van der Waals surface area contributed by atoms with E-state index in [0.717, 1.165) is 10.7 Å². The summed E-state index contributed by atoms with van der Waals surface area (Å²) in [6.45, 7) is 7.82. The van der Waals surface area contributed by atoms with Crippen LogP contribution in [0.25, 0.3) is 16.8 Å². The molecule has 10 heteroatoms. The predicted molar refractivity (Wildman–Crippen MR) is 144 cm³/mol. The summed E-state index contributed by atoms with van der Waals surface area (Å²) < 4.78 is 15.6. The Balaban J connectivity index is 2.18. The van der Waals surface area contributed by atoms with Crippen LogP contribution in [-0.2, 0) is 29.5 Å². The highest BCUT2D eigenvalue weighted by molar-refractivity contribution is 7.14. The van der Waals surface area contributed by atoms with Crippen LogP contribution in [0, 0.1) is 11.8 Å². The van der Waals surface area contributed by atoms with E-state index in [4.69, 9.17) is 14.4 Å². The fourth-order valence-electron chi connectivity index (χ4n) is 3.10. The quantitative estimate of drug-likeness (QED) is 0.0620. The van der Waals surface area contributed by atoms with Crippen molar-refractivity contribution in [3.05, 3.63) is 63.7 Å². The number of nitrogens with zero attached hydrogens (tertiary/aromatic N) is 2. The lowest BCUT2D eigenvalue weighted by Crippen LogP contribution is -2.21. The second-order valence-corrected chi connectivity index (χ2v) is 10.1. The average Bonchev–Trinajstić information content (AvgIpc) is 3.55. The van der Waals surface area contributed by atoms with Crippen LogP contribution in [0.15, 0.2) is 53.0 Å². The van der Waals surface area contributed by atoms with Crippen LogP contribution in [0.5, 0.6) is 0 Å². The van der Waals surface area contributed by atoms with E-state index in [0.29, 0.717) is 22.4 Å². The zero-order chi connectivity index (χ0) is 26.7. The van der Waals surface area contributed by atoms with Crippen molar-refractivity contribution in [1.29, 1.82) is 0 Å². The Kier molecular flexibility index (Phi) is 11.7. The van der Waals surface area contributed by atoms with E-state index >= 15 is 0 Å². The number of methoxy groups -OCH3 is 3. The highest BCUT2D eigenvalue weighted by Gasteiger charge is 2.29. The van der Waals surface area contributed by atoms with Gasteiger partial charge in [-0.05, 0) is 25.0 Å². The summed E-state index contributed by atoms with van der Waals surface area (Å²) in [6, 6.07) is 0.